The van der Waals surface area contributed by atoms with Crippen LogP contribution in [0.25, 0.3) is 0 Å². The summed E-state index contributed by atoms with van der Waals surface area (Å²) in [6.45, 7) is 11.6. The van der Waals surface area contributed by atoms with Crippen molar-refractivity contribution in [3.63, 3.8) is 0 Å². The van der Waals surface area contributed by atoms with E-state index in [1.807, 2.05) is 0 Å². The van der Waals surface area contributed by atoms with Crippen LogP contribution in [0.5, 0.6) is 0 Å². The summed E-state index contributed by atoms with van der Waals surface area (Å²) < 4.78 is 1.18. The van der Waals surface area contributed by atoms with Gasteiger partial charge in [-0.15, -0.1) is 0 Å². The first-order valence-electron chi connectivity index (χ1n) is 8.30. The number of benzene rings is 1. The number of rotatable bonds is 2. The molecular weight excluding hydrogens is 322 g/mol. The maximum Gasteiger partial charge on any atom is 0.0402 e. The van der Waals surface area contributed by atoms with Crippen molar-refractivity contribution in [3.8, 4) is 0 Å². The zero-order valence-electron chi connectivity index (χ0n) is 14.2. The molecule has 1 aliphatic carbocycles. The van der Waals surface area contributed by atoms with Crippen LogP contribution in [0.3, 0.4) is 0 Å². The third kappa shape index (κ3) is 4.48. The summed E-state index contributed by atoms with van der Waals surface area (Å²) in [4.78, 5) is 0. The molecule has 118 valence electrons. The van der Waals surface area contributed by atoms with Crippen molar-refractivity contribution in [2.24, 2.45) is 11.3 Å². The molecule has 0 bridgehead atoms. The lowest BCUT2D eigenvalue weighted by Gasteiger charge is -2.30. The first-order valence-corrected chi connectivity index (χ1v) is 9.10. The Morgan fingerprint density at radius 2 is 1.62 bits per heavy atom. The van der Waals surface area contributed by atoms with Gasteiger partial charge in [0.25, 0.3) is 0 Å². The molecule has 21 heavy (non-hydrogen) atoms. The molecule has 0 amide bonds. The summed E-state index contributed by atoms with van der Waals surface area (Å²) in [6.07, 6.45) is 6.71. The van der Waals surface area contributed by atoms with Gasteiger partial charge in [0.05, 0.1) is 0 Å². The van der Waals surface area contributed by atoms with Crippen LogP contribution in [0.1, 0.15) is 64.0 Å². The van der Waals surface area contributed by atoms with Gasteiger partial charge in [-0.3, -0.25) is 0 Å². The molecule has 0 saturated heterocycles. The molecule has 2 atom stereocenters. The Hall–Kier alpha value is -0.500. The Morgan fingerprint density at radius 1 is 1.00 bits per heavy atom. The molecule has 0 heterocycles. The topological polar surface area (TPSA) is 12.0 Å². The second-order valence-corrected chi connectivity index (χ2v) is 8.74. The molecule has 2 unspecified atom stereocenters. The van der Waals surface area contributed by atoms with Crippen LogP contribution in [0.2, 0.25) is 0 Å². The van der Waals surface area contributed by atoms with Crippen molar-refractivity contribution in [1.29, 1.82) is 0 Å². The normalized spacial score (nSPS) is 23.7. The second kappa shape index (κ2) is 6.73. The van der Waals surface area contributed by atoms with E-state index >= 15 is 0 Å². The third-order valence-corrected chi connectivity index (χ3v) is 5.50. The number of aryl methyl sites for hydroxylation is 2. The molecule has 0 spiro atoms. The summed E-state index contributed by atoms with van der Waals surface area (Å²) in [5.41, 5.74) is 4.49. The van der Waals surface area contributed by atoms with Crippen molar-refractivity contribution < 1.29 is 0 Å². The molecular formula is C19H30BrN. The minimum atomic E-state index is 0.457. The van der Waals surface area contributed by atoms with E-state index in [2.05, 4.69) is 68.0 Å². The standard InChI is InChI=1S/C19H30BrN/c1-13-11-16(20)12-14(2)18(13)21-17-8-6-7-15(9-10-17)19(3,4)5/h11-12,15,17,21H,6-10H2,1-5H3. The molecule has 0 aromatic heterocycles. The van der Waals surface area contributed by atoms with Crippen LogP contribution in [0.15, 0.2) is 16.6 Å². The quantitative estimate of drug-likeness (QED) is 0.601. The summed E-state index contributed by atoms with van der Waals surface area (Å²) in [6, 6.07) is 5.06. The predicted octanol–water partition coefficient (Wildman–Crippen LogP) is 6.47. The Morgan fingerprint density at radius 3 is 2.19 bits per heavy atom. The highest BCUT2D eigenvalue weighted by Crippen LogP contribution is 2.38. The molecule has 0 radical (unpaired) electrons. The van der Waals surface area contributed by atoms with Gasteiger partial charge in [0, 0.05) is 16.2 Å². The highest BCUT2D eigenvalue weighted by Gasteiger charge is 2.27. The van der Waals surface area contributed by atoms with Gasteiger partial charge in [0.15, 0.2) is 0 Å². The Bertz CT molecular complexity index is 464. The van der Waals surface area contributed by atoms with Crippen LogP contribution in [0, 0.1) is 25.2 Å². The van der Waals surface area contributed by atoms with Crippen molar-refractivity contribution in [2.45, 2.75) is 72.8 Å². The highest BCUT2D eigenvalue weighted by atomic mass is 79.9. The molecule has 1 nitrogen and oxygen atoms in total. The van der Waals surface area contributed by atoms with Crippen LogP contribution < -0.4 is 5.32 Å². The van der Waals surface area contributed by atoms with Crippen LogP contribution in [-0.4, -0.2) is 6.04 Å². The molecule has 1 fully saturated rings. The Kier molecular flexibility index (Phi) is 5.40. The van der Waals surface area contributed by atoms with Gasteiger partial charge in [-0.1, -0.05) is 43.1 Å². The molecule has 0 aliphatic heterocycles. The highest BCUT2D eigenvalue weighted by molar-refractivity contribution is 9.10. The lowest BCUT2D eigenvalue weighted by Crippen LogP contribution is -2.22. The molecule has 2 heteroatoms. The summed E-state index contributed by atoms with van der Waals surface area (Å²) >= 11 is 3.59. The van der Waals surface area contributed by atoms with Crippen molar-refractivity contribution in [1.82, 2.24) is 0 Å². The Labute approximate surface area is 139 Å². The molecule has 2 rings (SSSR count). The lowest BCUT2D eigenvalue weighted by atomic mass is 9.76. The minimum Gasteiger partial charge on any atom is -0.382 e. The third-order valence-electron chi connectivity index (χ3n) is 5.04. The van der Waals surface area contributed by atoms with Gasteiger partial charge in [-0.2, -0.15) is 0 Å². The molecule has 1 saturated carbocycles. The largest absolute Gasteiger partial charge is 0.382 e. The monoisotopic (exact) mass is 351 g/mol. The van der Waals surface area contributed by atoms with Gasteiger partial charge in [0.1, 0.15) is 0 Å². The summed E-state index contributed by atoms with van der Waals surface area (Å²) in [5, 5.41) is 3.84. The van der Waals surface area contributed by atoms with E-state index in [1.165, 1.54) is 53.4 Å². The van der Waals surface area contributed by atoms with E-state index in [9.17, 15) is 0 Å². The predicted molar refractivity (Wildman–Crippen MR) is 97.1 cm³/mol. The van der Waals surface area contributed by atoms with Crippen LogP contribution in [-0.2, 0) is 0 Å². The SMILES string of the molecule is Cc1cc(Br)cc(C)c1NC1CCCC(C(C)(C)C)CC1. The fourth-order valence-electron chi connectivity index (χ4n) is 3.65. The number of nitrogens with one attached hydrogen (secondary N) is 1. The fourth-order valence-corrected chi connectivity index (χ4v) is 4.34. The van der Waals surface area contributed by atoms with E-state index in [0.717, 1.165) is 5.92 Å². The molecule has 1 aliphatic rings. The van der Waals surface area contributed by atoms with Gasteiger partial charge >= 0.3 is 0 Å². The van der Waals surface area contributed by atoms with Crippen LogP contribution in [0.4, 0.5) is 5.69 Å². The summed E-state index contributed by atoms with van der Waals surface area (Å²) in [7, 11) is 0. The van der Waals surface area contributed by atoms with Gasteiger partial charge in [0.2, 0.25) is 0 Å². The number of halogens is 1. The number of anilines is 1. The zero-order valence-corrected chi connectivity index (χ0v) is 15.8. The molecule has 1 aromatic carbocycles. The van der Waals surface area contributed by atoms with Gasteiger partial charge in [-0.25, -0.2) is 0 Å². The number of hydrogen-bond acceptors (Lipinski definition) is 1. The van der Waals surface area contributed by atoms with Crippen molar-refractivity contribution in [2.75, 3.05) is 5.32 Å². The average molecular weight is 352 g/mol. The Balaban J connectivity index is 2.05. The number of hydrogen-bond donors (Lipinski definition) is 1. The summed E-state index contributed by atoms with van der Waals surface area (Å²) in [5.74, 6) is 0.872. The second-order valence-electron chi connectivity index (χ2n) is 7.83. The zero-order chi connectivity index (χ0) is 15.6. The van der Waals surface area contributed by atoms with Crippen molar-refractivity contribution in [3.05, 3.63) is 27.7 Å². The van der Waals surface area contributed by atoms with E-state index in [1.54, 1.807) is 0 Å². The van der Waals surface area contributed by atoms with Crippen LogP contribution >= 0.6 is 15.9 Å². The molecule has 1 aromatic rings. The lowest BCUT2D eigenvalue weighted by molar-refractivity contribution is 0.214. The average Bonchev–Trinajstić information content (AvgIpc) is 2.58. The van der Waals surface area contributed by atoms with Gasteiger partial charge in [-0.05, 0) is 74.1 Å². The maximum atomic E-state index is 3.84. The minimum absolute atomic E-state index is 0.457. The van der Waals surface area contributed by atoms with Gasteiger partial charge < -0.3 is 5.32 Å². The van der Waals surface area contributed by atoms with Crippen molar-refractivity contribution >= 4 is 21.6 Å². The van der Waals surface area contributed by atoms with E-state index in [-0.39, 0.29) is 0 Å². The van der Waals surface area contributed by atoms with E-state index in [4.69, 9.17) is 0 Å². The first kappa shape index (κ1) is 16.9. The molecule has 1 N–H and O–H groups in total. The maximum absolute atomic E-state index is 3.84. The fraction of sp³-hybridized carbons (Fsp3) is 0.684. The van der Waals surface area contributed by atoms with E-state index < -0.39 is 0 Å². The first-order chi connectivity index (χ1) is 9.77. The smallest absolute Gasteiger partial charge is 0.0402 e. The van der Waals surface area contributed by atoms with E-state index in [0.29, 0.717) is 11.5 Å².